The van der Waals surface area contributed by atoms with Crippen LogP contribution in [0.5, 0.6) is 0 Å². The quantitative estimate of drug-likeness (QED) is 0.239. The molecule has 0 unspecified atom stereocenters. The zero-order chi connectivity index (χ0) is 28.2. The number of nitrogens with zero attached hydrogens (tertiary/aromatic N) is 3. The van der Waals surface area contributed by atoms with Crippen molar-refractivity contribution in [2.24, 2.45) is 11.8 Å². The van der Waals surface area contributed by atoms with E-state index in [1.165, 1.54) is 37.7 Å². The molecule has 2 fully saturated rings. The first-order chi connectivity index (χ1) is 19.3. The number of nitrogens with one attached hydrogen (secondary N) is 1. The number of carbonyl (C=O) groups excluding carboxylic acids is 1. The fourth-order valence-corrected chi connectivity index (χ4v) is 6.33. The molecule has 5 rings (SSSR count). The second-order valence-electron chi connectivity index (χ2n) is 12.8. The van der Waals surface area contributed by atoms with E-state index in [0.29, 0.717) is 25.0 Å². The van der Waals surface area contributed by atoms with Crippen molar-refractivity contribution in [3.63, 3.8) is 0 Å². The second kappa shape index (κ2) is 12.7. The summed E-state index contributed by atoms with van der Waals surface area (Å²) in [4.78, 5) is 13.4. The van der Waals surface area contributed by atoms with E-state index in [1.807, 2.05) is 37.3 Å². The van der Waals surface area contributed by atoms with E-state index in [4.69, 9.17) is 14.9 Å². The number of hydrogen-bond donors (Lipinski definition) is 1. The van der Waals surface area contributed by atoms with Gasteiger partial charge in [0.1, 0.15) is 11.6 Å². The summed E-state index contributed by atoms with van der Waals surface area (Å²) in [5.41, 5.74) is 4.30. The molecule has 0 bridgehead atoms. The first-order valence-corrected chi connectivity index (χ1v) is 15.2. The Balaban J connectivity index is 1.34. The van der Waals surface area contributed by atoms with Crippen LogP contribution in [-0.4, -0.2) is 26.8 Å². The van der Waals surface area contributed by atoms with Crippen LogP contribution < -0.4 is 5.32 Å². The fraction of sp³-hybridized carbons (Fsp3) is 0.559. The minimum atomic E-state index is -0.0649. The van der Waals surface area contributed by atoms with Gasteiger partial charge in [-0.25, -0.2) is 0 Å². The molecule has 1 aromatic heterocycles. The number of ether oxygens (including phenoxy) is 1. The van der Waals surface area contributed by atoms with Crippen molar-refractivity contribution in [2.75, 3.05) is 5.32 Å². The summed E-state index contributed by atoms with van der Waals surface area (Å²) in [5.74, 6) is 4.08. The van der Waals surface area contributed by atoms with Crippen molar-refractivity contribution in [2.45, 2.75) is 110 Å². The van der Waals surface area contributed by atoms with Gasteiger partial charge in [0.05, 0.1) is 12.7 Å². The summed E-state index contributed by atoms with van der Waals surface area (Å²) in [6.45, 7) is 11.4. The number of hydrogen-bond acceptors (Lipinski definition) is 4. The number of amides is 1. The molecule has 1 N–H and O–H groups in total. The van der Waals surface area contributed by atoms with Crippen LogP contribution in [0.3, 0.4) is 0 Å². The number of aryl methyl sites for hydroxylation is 2. The van der Waals surface area contributed by atoms with Gasteiger partial charge in [0.2, 0.25) is 5.91 Å². The van der Waals surface area contributed by atoms with Crippen LogP contribution in [0.15, 0.2) is 48.5 Å². The topological polar surface area (TPSA) is 69.0 Å². The van der Waals surface area contributed by atoms with Crippen molar-refractivity contribution in [1.29, 1.82) is 0 Å². The molecule has 2 aliphatic rings. The highest BCUT2D eigenvalue weighted by Crippen LogP contribution is 2.48. The highest BCUT2D eigenvalue weighted by molar-refractivity contribution is 5.92. The lowest BCUT2D eigenvalue weighted by atomic mass is 9.71. The summed E-state index contributed by atoms with van der Waals surface area (Å²) in [6, 6.07) is 16.9. The van der Waals surface area contributed by atoms with Gasteiger partial charge in [0.25, 0.3) is 0 Å². The predicted octanol–water partition coefficient (Wildman–Crippen LogP) is 7.88. The zero-order valence-electron chi connectivity index (χ0n) is 24.9. The SMILES string of the molecule is Cc1ccc(NC(=O)C[C@@H](C[C@H](C)OCc2ccccc2)c2nnc(C3CC(CC(C)C)C3)n2C2CC2)c(C)c1. The highest BCUT2D eigenvalue weighted by atomic mass is 16.5. The van der Waals surface area contributed by atoms with Gasteiger partial charge in [-0.3, -0.25) is 4.79 Å². The number of rotatable bonds is 13. The molecule has 2 aliphatic carbocycles. The lowest BCUT2D eigenvalue weighted by molar-refractivity contribution is -0.116. The van der Waals surface area contributed by atoms with Crippen molar-refractivity contribution in [3.05, 3.63) is 76.9 Å². The van der Waals surface area contributed by atoms with Crippen molar-refractivity contribution in [1.82, 2.24) is 14.8 Å². The van der Waals surface area contributed by atoms with E-state index < -0.39 is 0 Å². The molecule has 2 saturated carbocycles. The molecule has 2 atom stereocenters. The third kappa shape index (κ3) is 7.20. The fourth-order valence-electron chi connectivity index (χ4n) is 6.33. The molecule has 3 aromatic rings. The molecular formula is C34H46N4O2. The summed E-state index contributed by atoms with van der Waals surface area (Å²) in [6.07, 6.45) is 7.10. The predicted molar refractivity (Wildman–Crippen MR) is 160 cm³/mol. The molecule has 6 heteroatoms. The van der Waals surface area contributed by atoms with E-state index in [9.17, 15) is 4.79 Å². The number of carbonyl (C=O) groups is 1. The molecule has 40 heavy (non-hydrogen) atoms. The Morgan fingerprint density at radius 1 is 1.05 bits per heavy atom. The monoisotopic (exact) mass is 542 g/mol. The maximum absolute atomic E-state index is 13.4. The molecule has 0 radical (unpaired) electrons. The standard InChI is InChI=1S/C34H46N4O2/c1-22(2)15-27-18-29(19-27)34-37-36-33(38(34)30-12-13-30)28(17-25(5)40-21-26-9-7-6-8-10-26)20-32(39)35-31-14-11-23(3)16-24(31)4/h6-11,14,16,22,25,27-30H,12-13,15,17-21H2,1-5H3,(H,35,39)/t25-,27?,28+,29?/m0/s1. The molecule has 214 valence electrons. The lowest BCUT2D eigenvalue weighted by Crippen LogP contribution is -2.27. The summed E-state index contributed by atoms with van der Waals surface area (Å²) in [7, 11) is 0. The highest BCUT2D eigenvalue weighted by Gasteiger charge is 2.40. The van der Waals surface area contributed by atoms with Gasteiger partial charge in [-0.05, 0) is 88.3 Å². The Labute approximate surface area is 239 Å². The van der Waals surface area contributed by atoms with Gasteiger partial charge < -0.3 is 14.6 Å². The molecule has 6 nitrogen and oxygen atoms in total. The Bertz CT molecular complexity index is 1270. The lowest BCUT2D eigenvalue weighted by Gasteiger charge is -2.36. The van der Waals surface area contributed by atoms with E-state index in [1.54, 1.807) is 0 Å². The number of aromatic nitrogens is 3. The third-order valence-corrected chi connectivity index (χ3v) is 8.51. The van der Waals surface area contributed by atoms with Crippen LogP contribution in [0.1, 0.15) is 112 Å². The molecule has 0 aliphatic heterocycles. The smallest absolute Gasteiger partial charge is 0.225 e. The van der Waals surface area contributed by atoms with Gasteiger partial charge in [-0.1, -0.05) is 61.9 Å². The Hall–Kier alpha value is -2.99. The average molecular weight is 543 g/mol. The van der Waals surface area contributed by atoms with E-state index in [0.717, 1.165) is 46.7 Å². The van der Waals surface area contributed by atoms with Crippen LogP contribution in [0.4, 0.5) is 5.69 Å². The second-order valence-corrected chi connectivity index (χ2v) is 12.8. The first-order valence-electron chi connectivity index (χ1n) is 15.2. The number of anilines is 1. The van der Waals surface area contributed by atoms with Crippen molar-refractivity contribution >= 4 is 11.6 Å². The number of benzene rings is 2. The van der Waals surface area contributed by atoms with Gasteiger partial charge in [-0.15, -0.1) is 10.2 Å². The zero-order valence-corrected chi connectivity index (χ0v) is 24.9. The van der Waals surface area contributed by atoms with E-state index in [2.05, 4.69) is 55.8 Å². The normalized spacial score (nSPS) is 20.2. The maximum atomic E-state index is 13.4. The summed E-state index contributed by atoms with van der Waals surface area (Å²) < 4.78 is 8.70. The van der Waals surface area contributed by atoms with Gasteiger partial charge in [0, 0.05) is 30.0 Å². The van der Waals surface area contributed by atoms with Crippen molar-refractivity contribution < 1.29 is 9.53 Å². The Morgan fingerprint density at radius 3 is 2.48 bits per heavy atom. The van der Waals surface area contributed by atoms with Crippen LogP contribution in [0.2, 0.25) is 0 Å². The average Bonchev–Trinajstić information content (AvgIpc) is 3.64. The largest absolute Gasteiger partial charge is 0.374 e. The van der Waals surface area contributed by atoms with Gasteiger partial charge in [0.15, 0.2) is 0 Å². The van der Waals surface area contributed by atoms with Gasteiger partial charge in [-0.2, -0.15) is 0 Å². The van der Waals surface area contributed by atoms with Crippen LogP contribution in [0, 0.1) is 25.7 Å². The molecule has 2 aromatic carbocycles. The summed E-state index contributed by atoms with van der Waals surface area (Å²) in [5, 5.41) is 12.8. The van der Waals surface area contributed by atoms with Crippen LogP contribution >= 0.6 is 0 Å². The van der Waals surface area contributed by atoms with Gasteiger partial charge >= 0.3 is 0 Å². The molecular weight excluding hydrogens is 496 g/mol. The molecule has 1 heterocycles. The molecule has 1 amide bonds. The van der Waals surface area contributed by atoms with Crippen LogP contribution in [0.25, 0.3) is 0 Å². The third-order valence-electron chi connectivity index (χ3n) is 8.51. The first kappa shape index (κ1) is 28.5. The summed E-state index contributed by atoms with van der Waals surface area (Å²) >= 11 is 0. The van der Waals surface area contributed by atoms with E-state index >= 15 is 0 Å². The Kier molecular flexibility index (Phi) is 9.04. The Morgan fingerprint density at radius 2 is 1.80 bits per heavy atom. The van der Waals surface area contributed by atoms with E-state index in [-0.39, 0.29) is 17.9 Å². The minimum absolute atomic E-state index is 0.0137. The van der Waals surface area contributed by atoms with Crippen LogP contribution in [-0.2, 0) is 16.1 Å². The molecule has 0 saturated heterocycles. The van der Waals surface area contributed by atoms with Crippen molar-refractivity contribution in [3.8, 4) is 0 Å². The minimum Gasteiger partial charge on any atom is -0.374 e. The maximum Gasteiger partial charge on any atom is 0.225 e. The molecule has 0 spiro atoms.